The van der Waals surface area contributed by atoms with Crippen molar-refractivity contribution in [2.45, 2.75) is 0 Å². The van der Waals surface area contributed by atoms with E-state index in [2.05, 4.69) is 6.58 Å². The standard InChI is InChI=1S/C3H3FO.CH2O2/c1-3(4)2-5;2-1-3/h2H,1H2;1H,(H,2,3). The Morgan fingerprint density at radius 2 is 1.75 bits per heavy atom. The van der Waals surface area contributed by atoms with Gasteiger partial charge < -0.3 is 5.11 Å². The molecule has 0 fully saturated rings. The van der Waals surface area contributed by atoms with E-state index in [1.165, 1.54) is 0 Å². The smallest absolute Gasteiger partial charge is 0.290 e. The van der Waals surface area contributed by atoms with Crippen LogP contribution in [0.2, 0.25) is 0 Å². The second-order valence-corrected chi connectivity index (χ2v) is 0.670. The zero-order chi connectivity index (χ0) is 6.99. The molecule has 0 aliphatic carbocycles. The maximum atomic E-state index is 10.9. The highest BCUT2D eigenvalue weighted by Gasteiger charge is 1.73. The molecule has 0 bridgehead atoms. The summed E-state index contributed by atoms with van der Waals surface area (Å²) >= 11 is 0. The molecule has 3 nitrogen and oxygen atoms in total. The lowest BCUT2D eigenvalue weighted by Gasteiger charge is -1.60. The van der Waals surface area contributed by atoms with E-state index in [9.17, 15) is 4.39 Å². The molecule has 0 aliphatic rings. The van der Waals surface area contributed by atoms with Crippen LogP contribution in [0.3, 0.4) is 0 Å². The van der Waals surface area contributed by atoms with E-state index in [0.29, 0.717) is 0 Å². The summed E-state index contributed by atoms with van der Waals surface area (Å²) in [6, 6.07) is 0. The molecule has 0 aromatic carbocycles. The molecule has 46 valence electrons. The minimum absolute atomic E-state index is 0.0556. The second kappa shape index (κ2) is 9.26. The SMILES string of the molecule is C=C(F)C=O.O=CO. The van der Waals surface area contributed by atoms with Crippen LogP contribution in [0.25, 0.3) is 0 Å². The second-order valence-electron chi connectivity index (χ2n) is 0.670. The first-order valence-electron chi connectivity index (χ1n) is 1.56. The zero-order valence-corrected chi connectivity index (χ0v) is 4.00. The molecule has 0 amide bonds. The van der Waals surface area contributed by atoms with Crippen LogP contribution in [0.1, 0.15) is 0 Å². The minimum atomic E-state index is -0.926. The Balaban J connectivity index is 0. The van der Waals surface area contributed by atoms with Gasteiger partial charge in [-0.2, -0.15) is 0 Å². The third-order valence-electron chi connectivity index (χ3n) is 0.128. The molecule has 0 spiro atoms. The number of allylic oxidation sites excluding steroid dienone is 1. The average molecular weight is 120 g/mol. The molecular weight excluding hydrogens is 115 g/mol. The summed E-state index contributed by atoms with van der Waals surface area (Å²) in [5.74, 6) is -0.926. The predicted molar refractivity (Wildman–Crippen MR) is 25.0 cm³/mol. The van der Waals surface area contributed by atoms with E-state index in [1.54, 1.807) is 0 Å². The highest BCUT2D eigenvalue weighted by atomic mass is 19.1. The largest absolute Gasteiger partial charge is 0.483 e. The fourth-order valence-corrected chi connectivity index (χ4v) is 0. The van der Waals surface area contributed by atoms with E-state index in [1.807, 2.05) is 0 Å². The summed E-state index contributed by atoms with van der Waals surface area (Å²) in [5, 5.41) is 6.89. The van der Waals surface area contributed by atoms with Crippen LogP contribution in [-0.4, -0.2) is 17.9 Å². The van der Waals surface area contributed by atoms with E-state index in [0.717, 1.165) is 0 Å². The summed E-state index contributed by atoms with van der Waals surface area (Å²) < 4.78 is 10.9. The molecule has 0 aromatic rings. The molecule has 0 radical (unpaired) electrons. The fourth-order valence-electron chi connectivity index (χ4n) is 0. The first kappa shape index (κ1) is 9.94. The van der Waals surface area contributed by atoms with Crippen LogP contribution in [0.4, 0.5) is 4.39 Å². The van der Waals surface area contributed by atoms with Crippen LogP contribution < -0.4 is 0 Å². The monoisotopic (exact) mass is 120 g/mol. The van der Waals surface area contributed by atoms with Gasteiger partial charge in [0.25, 0.3) is 6.47 Å². The lowest BCUT2D eigenvalue weighted by Crippen LogP contribution is -1.62. The third kappa shape index (κ3) is 106. The lowest BCUT2D eigenvalue weighted by atomic mass is 10.7. The van der Waals surface area contributed by atoms with Gasteiger partial charge in [-0.15, -0.1) is 0 Å². The van der Waals surface area contributed by atoms with Gasteiger partial charge in [-0.1, -0.05) is 6.58 Å². The van der Waals surface area contributed by atoms with Crippen molar-refractivity contribution in [3.8, 4) is 0 Å². The number of hydrogen-bond acceptors (Lipinski definition) is 2. The number of aldehydes is 1. The van der Waals surface area contributed by atoms with Crippen molar-refractivity contribution in [3.05, 3.63) is 12.4 Å². The van der Waals surface area contributed by atoms with Crippen molar-refractivity contribution in [3.63, 3.8) is 0 Å². The van der Waals surface area contributed by atoms with Crippen molar-refractivity contribution < 1.29 is 19.1 Å². The van der Waals surface area contributed by atoms with Gasteiger partial charge in [-0.25, -0.2) is 4.39 Å². The molecule has 0 aromatic heterocycles. The average Bonchev–Trinajstić information content (AvgIpc) is 1.69. The summed E-state index contributed by atoms with van der Waals surface area (Å²) in [6.07, 6.45) is 0.0556. The van der Waals surface area contributed by atoms with Crippen LogP contribution in [0.15, 0.2) is 12.4 Å². The van der Waals surface area contributed by atoms with E-state index in [4.69, 9.17) is 14.7 Å². The van der Waals surface area contributed by atoms with E-state index >= 15 is 0 Å². The van der Waals surface area contributed by atoms with Gasteiger partial charge in [0, 0.05) is 0 Å². The van der Waals surface area contributed by atoms with Crippen molar-refractivity contribution >= 4 is 12.8 Å². The Morgan fingerprint density at radius 3 is 1.75 bits per heavy atom. The van der Waals surface area contributed by atoms with Gasteiger partial charge in [0.1, 0.15) is 0 Å². The number of carbonyl (C=O) groups is 2. The van der Waals surface area contributed by atoms with Crippen molar-refractivity contribution in [2.75, 3.05) is 0 Å². The number of halogens is 1. The molecule has 1 N–H and O–H groups in total. The Kier molecular flexibility index (Phi) is 11.5. The first-order valence-corrected chi connectivity index (χ1v) is 1.56. The normalized spacial score (nSPS) is 5.62. The van der Waals surface area contributed by atoms with Gasteiger partial charge in [-0.3, -0.25) is 9.59 Å². The third-order valence-corrected chi connectivity index (χ3v) is 0.128. The summed E-state index contributed by atoms with van der Waals surface area (Å²) in [4.78, 5) is 17.4. The van der Waals surface area contributed by atoms with Crippen LogP contribution in [0, 0.1) is 0 Å². The van der Waals surface area contributed by atoms with Crippen LogP contribution in [-0.2, 0) is 9.59 Å². The van der Waals surface area contributed by atoms with E-state index < -0.39 is 5.83 Å². The molecule has 0 heterocycles. The maximum absolute atomic E-state index is 10.9. The molecule has 4 heteroatoms. The number of carboxylic acid groups (broad SMARTS) is 1. The Bertz CT molecular complexity index is 89.3. The summed E-state index contributed by atoms with van der Waals surface area (Å²) in [7, 11) is 0. The predicted octanol–water partition coefficient (Wildman–Crippen LogP) is 0.369. The van der Waals surface area contributed by atoms with Crippen molar-refractivity contribution in [1.82, 2.24) is 0 Å². The number of hydrogen-bond donors (Lipinski definition) is 1. The van der Waals surface area contributed by atoms with Crippen LogP contribution in [0.5, 0.6) is 0 Å². The first-order chi connectivity index (χ1) is 3.68. The Hall–Kier alpha value is -1.19. The summed E-state index contributed by atoms with van der Waals surface area (Å²) in [6.45, 7) is 2.39. The zero-order valence-electron chi connectivity index (χ0n) is 4.00. The number of carbonyl (C=O) groups excluding carboxylic acids is 1. The quantitative estimate of drug-likeness (QED) is 0.401. The van der Waals surface area contributed by atoms with E-state index in [-0.39, 0.29) is 12.8 Å². The highest BCUT2D eigenvalue weighted by molar-refractivity contribution is 5.68. The molecule has 0 aliphatic heterocycles. The maximum Gasteiger partial charge on any atom is 0.290 e. The van der Waals surface area contributed by atoms with Crippen LogP contribution >= 0.6 is 0 Å². The molecule has 0 saturated carbocycles. The minimum Gasteiger partial charge on any atom is -0.483 e. The molecule has 0 atom stereocenters. The molecule has 0 saturated heterocycles. The fraction of sp³-hybridized carbons (Fsp3) is 0. The van der Waals surface area contributed by atoms with Gasteiger partial charge in [0.05, 0.1) is 0 Å². The lowest BCUT2D eigenvalue weighted by molar-refractivity contribution is -0.122. The van der Waals surface area contributed by atoms with Gasteiger partial charge >= 0.3 is 0 Å². The van der Waals surface area contributed by atoms with Crippen molar-refractivity contribution in [2.24, 2.45) is 0 Å². The Labute approximate surface area is 45.4 Å². The van der Waals surface area contributed by atoms with Gasteiger partial charge in [-0.05, 0) is 0 Å². The molecule has 0 rings (SSSR count). The topological polar surface area (TPSA) is 54.4 Å². The van der Waals surface area contributed by atoms with Gasteiger partial charge in [0.2, 0.25) is 0 Å². The highest BCUT2D eigenvalue weighted by Crippen LogP contribution is 1.77. The molecule has 8 heavy (non-hydrogen) atoms. The Morgan fingerprint density at radius 1 is 1.62 bits per heavy atom. The molecule has 0 unspecified atom stereocenters. The van der Waals surface area contributed by atoms with Gasteiger partial charge in [0.15, 0.2) is 12.1 Å². The summed E-state index contributed by atoms with van der Waals surface area (Å²) in [5.41, 5.74) is 0. The number of rotatable bonds is 1. The molecular formula is C4H5FO3. The van der Waals surface area contributed by atoms with Crippen molar-refractivity contribution in [1.29, 1.82) is 0 Å².